The third kappa shape index (κ3) is 6.58. The van der Waals surface area contributed by atoms with Crippen LogP contribution in [-0.2, 0) is 29.1 Å². The molecule has 0 amide bonds. The van der Waals surface area contributed by atoms with Crippen molar-refractivity contribution < 1.29 is 63.1 Å². The third-order valence-corrected chi connectivity index (χ3v) is 9.24. The van der Waals surface area contributed by atoms with Crippen molar-refractivity contribution in [2.24, 2.45) is 5.92 Å². The predicted molar refractivity (Wildman–Crippen MR) is 153 cm³/mol. The highest BCUT2D eigenvalue weighted by Crippen LogP contribution is 2.63. The van der Waals surface area contributed by atoms with Crippen LogP contribution < -0.4 is 4.74 Å². The van der Waals surface area contributed by atoms with Gasteiger partial charge in [-0.05, 0) is 33.9 Å². The van der Waals surface area contributed by atoms with Gasteiger partial charge in [-0.1, -0.05) is 66.7 Å². The summed E-state index contributed by atoms with van der Waals surface area (Å²) < 4.78 is 141. The molecule has 2 unspecified atom stereocenters. The lowest BCUT2D eigenvalue weighted by molar-refractivity contribution is -0.362. The van der Waals surface area contributed by atoms with Gasteiger partial charge in [0.15, 0.2) is 0 Å². The van der Waals surface area contributed by atoms with E-state index in [9.17, 15) is 44.1 Å². The Morgan fingerprint density at radius 2 is 1.19 bits per heavy atom. The smallest absolute Gasteiger partial charge is 0.438 e. The number of hydrogen-bond acceptors (Lipinski definition) is 8. The van der Waals surface area contributed by atoms with Crippen molar-refractivity contribution in [2.45, 2.75) is 35.7 Å². The van der Waals surface area contributed by atoms with Crippen molar-refractivity contribution in [1.82, 2.24) is 0 Å². The maximum Gasteiger partial charge on any atom is 0.438 e. The van der Waals surface area contributed by atoms with Gasteiger partial charge in [0, 0.05) is 24.9 Å². The lowest BCUT2D eigenvalue weighted by atomic mass is 9.52. The fourth-order valence-electron chi connectivity index (χ4n) is 6.63. The second-order valence-corrected chi connectivity index (χ2v) is 12.6. The van der Waals surface area contributed by atoms with Crippen molar-refractivity contribution in [2.75, 3.05) is 39.3 Å². The fraction of sp³-hybridized carbons (Fsp3) is 0.406. The molecule has 2 atom stereocenters. The molecule has 254 valence electrons. The van der Waals surface area contributed by atoms with E-state index < -0.39 is 63.5 Å². The lowest BCUT2D eigenvalue weighted by Crippen LogP contribution is -2.64. The largest absolute Gasteiger partial charge is 0.748 e. The van der Waals surface area contributed by atoms with E-state index in [0.29, 0.717) is 34.4 Å². The van der Waals surface area contributed by atoms with Crippen LogP contribution in [0.1, 0.15) is 45.6 Å². The highest BCUT2D eigenvalue weighted by Gasteiger charge is 2.75. The molecule has 3 aromatic rings. The minimum absolute atomic E-state index is 0.0104. The number of rotatable bonds is 12. The topological polar surface area (TPSA) is 111 Å². The number of carbonyl (C=O) groups excluding carboxylic acids is 1. The number of esters is 1. The van der Waals surface area contributed by atoms with Gasteiger partial charge >= 0.3 is 23.9 Å². The molecule has 0 aromatic heterocycles. The van der Waals surface area contributed by atoms with Crippen molar-refractivity contribution in [3.05, 3.63) is 101 Å². The molecule has 3 aromatic carbocycles. The Morgan fingerprint density at radius 1 is 0.723 bits per heavy atom. The number of carbonyl (C=O) groups is 1. The van der Waals surface area contributed by atoms with Crippen molar-refractivity contribution in [3.8, 4) is 5.75 Å². The van der Waals surface area contributed by atoms with Gasteiger partial charge < -0.3 is 23.5 Å². The monoisotopic (exact) mass is 687 g/mol. The second kappa shape index (κ2) is 13.1. The maximum atomic E-state index is 14.3. The van der Waals surface area contributed by atoms with E-state index in [1.54, 1.807) is 72.8 Å². The summed E-state index contributed by atoms with van der Waals surface area (Å²) in [7, 11) is -4.73. The van der Waals surface area contributed by atoms with Gasteiger partial charge in [-0.3, -0.25) is 4.79 Å². The first-order chi connectivity index (χ1) is 22.1. The summed E-state index contributed by atoms with van der Waals surface area (Å²) in [5, 5.41) is 0. The summed E-state index contributed by atoms with van der Waals surface area (Å²) in [6.07, 6.45) is -13.0. The molecule has 0 spiro atoms. The lowest BCUT2D eigenvalue weighted by Gasteiger charge is -2.50. The summed E-state index contributed by atoms with van der Waals surface area (Å²) in [5.74, 6) is -9.57. The molecule has 6 rings (SSSR count). The molecule has 2 bridgehead atoms. The first-order valence-electron chi connectivity index (χ1n) is 14.4. The van der Waals surface area contributed by atoms with Crippen LogP contribution >= 0.6 is 0 Å². The molecule has 0 radical (unpaired) electrons. The van der Waals surface area contributed by atoms with Gasteiger partial charge in [0.05, 0.1) is 41.6 Å². The summed E-state index contributed by atoms with van der Waals surface area (Å²) in [6, 6.07) is 19.8. The van der Waals surface area contributed by atoms with Gasteiger partial charge in [-0.25, -0.2) is 8.42 Å². The highest BCUT2D eigenvalue weighted by atomic mass is 32.2. The summed E-state index contributed by atoms with van der Waals surface area (Å²) >= 11 is 0. The van der Waals surface area contributed by atoms with Crippen LogP contribution in [-0.4, -0.2) is 76.2 Å². The molecule has 3 aliphatic carbocycles. The minimum Gasteiger partial charge on any atom is -0.748 e. The molecule has 47 heavy (non-hydrogen) atoms. The van der Waals surface area contributed by atoms with Crippen LogP contribution in [0.25, 0.3) is 0 Å². The number of para-hydroxylation sites is 1. The van der Waals surface area contributed by atoms with Crippen molar-refractivity contribution in [1.29, 1.82) is 0 Å². The van der Waals surface area contributed by atoms with E-state index in [1.165, 1.54) is 7.11 Å². The molecule has 0 fully saturated rings. The fourth-order valence-corrected chi connectivity index (χ4v) is 7.52. The van der Waals surface area contributed by atoms with Crippen LogP contribution in [0.15, 0.2) is 72.8 Å². The number of ether oxygens (including phenoxy) is 4. The molecule has 15 heteroatoms. The normalized spacial score (nSPS) is 20.8. The highest BCUT2D eigenvalue weighted by molar-refractivity contribution is 7.85. The van der Waals surface area contributed by atoms with Gasteiger partial charge in [-0.15, -0.1) is 0 Å². The van der Waals surface area contributed by atoms with Gasteiger partial charge in [0.2, 0.25) is 0 Å². The standard InChI is InChI=1S/C32H30F6O8S/c1-43-14-15-44-16-17-45-24-13-7-6-12-23(24)27-25-19-8-2-4-10-21(19)26(22-11-5-3-9-20(22)25)28(27)29(39)46-30(31(33,34)35,32(36,37)38)18-47(40,41)42/h2-13,25-28H,14-18H2,1H3,(H,40,41,42)/p-1. The van der Waals surface area contributed by atoms with Crippen molar-refractivity contribution in [3.63, 3.8) is 0 Å². The second-order valence-electron chi connectivity index (χ2n) is 11.2. The van der Waals surface area contributed by atoms with Crippen molar-refractivity contribution >= 4 is 16.1 Å². The number of hydrogen-bond donors (Lipinski definition) is 0. The molecule has 0 N–H and O–H groups in total. The predicted octanol–water partition coefficient (Wildman–Crippen LogP) is 5.67. The van der Waals surface area contributed by atoms with Gasteiger partial charge in [0.25, 0.3) is 0 Å². The third-order valence-electron chi connectivity index (χ3n) is 8.48. The van der Waals surface area contributed by atoms with Crippen LogP contribution in [0.2, 0.25) is 0 Å². The zero-order chi connectivity index (χ0) is 34.2. The Morgan fingerprint density at radius 3 is 1.68 bits per heavy atom. The Labute approximate surface area is 266 Å². The summed E-state index contributed by atoms with van der Waals surface area (Å²) in [4.78, 5) is 14.1. The SMILES string of the molecule is COCCOCCOc1ccccc1C1C2c3ccccc3C(c3ccccc32)C1C(=O)OC(CS(=O)(=O)[O-])(C(F)(F)F)C(F)(F)F. The minimum atomic E-state index is -6.51. The van der Waals surface area contributed by atoms with Gasteiger partial charge in [0.1, 0.15) is 12.4 Å². The molecular formula is C32H29F6O8S-. The van der Waals surface area contributed by atoms with Crippen LogP contribution in [0.4, 0.5) is 26.3 Å². The van der Waals surface area contributed by atoms with E-state index in [2.05, 4.69) is 4.74 Å². The first kappa shape index (κ1) is 34.7. The molecule has 3 aliphatic rings. The van der Waals surface area contributed by atoms with E-state index in [-0.39, 0.29) is 25.6 Å². The average Bonchev–Trinajstić information content (AvgIpc) is 3.00. The van der Waals surface area contributed by atoms with E-state index in [1.807, 2.05) is 0 Å². The number of methoxy groups -OCH3 is 1. The van der Waals surface area contributed by atoms with E-state index in [4.69, 9.17) is 14.2 Å². The zero-order valence-corrected chi connectivity index (χ0v) is 25.5. The number of halogens is 6. The first-order valence-corrected chi connectivity index (χ1v) is 15.9. The van der Waals surface area contributed by atoms with E-state index in [0.717, 1.165) is 0 Å². The van der Waals surface area contributed by atoms with Crippen LogP contribution in [0.5, 0.6) is 5.75 Å². The Balaban J connectivity index is 1.66. The molecule has 0 saturated heterocycles. The molecular weight excluding hydrogens is 658 g/mol. The van der Waals surface area contributed by atoms with E-state index >= 15 is 0 Å². The maximum absolute atomic E-state index is 14.3. The van der Waals surface area contributed by atoms with Gasteiger partial charge in [-0.2, -0.15) is 26.3 Å². The summed E-state index contributed by atoms with van der Waals surface area (Å²) in [6.45, 7) is 0.731. The molecule has 8 nitrogen and oxygen atoms in total. The van der Waals surface area contributed by atoms with Crippen LogP contribution in [0.3, 0.4) is 0 Å². The number of fused-ring (bicyclic) bond motifs is 1. The number of alkyl halides is 6. The quantitative estimate of drug-likeness (QED) is 0.104. The number of benzene rings is 3. The summed E-state index contributed by atoms with van der Waals surface area (Å²) in [5.41, 5.74) is -2.95. The Bertz CT molecular complexity index is 1650. The Kier molecular flexibility index (Phi) is 9.66. The molecule has 0 saturated carbocycles. The Hall–Kier alpha value is -3.66. The zero-order valence-electron chi connectivity index (χ0n) is 24.7. The average molecular weight is 688 g/mol. The molecule has 0 aliphatic heterocycles. The van der Waals surface area contributed by atoms with Crippen LogP contribution in [0, 0.1) is 5.92 Å². The molecule has 0 heterocycles.